The third-order valence-electron chi connectivity index (χ3n) is 2.50. The van der Waals surface area contributed by atoms with Gasteiger partial charge in [-0.2, -0.15) is 11.3 Å². The zero-order chi connectivity index (χ0) is 8.39. The second-order valence-corrected chi connectivity index (χ2v) is 4.29. The van der Waals surface area contributed by atoms with E-state index in [2.05, 4.69) is 29.1 Å². The maximum Gasteiger partial charge on any atom is 0.0451 e. The molecule has 0 bridgehead atoms. The van der Waals surface area contributed by atoms with E-state index in [1.165, 1.54) is 24.9 Å². The third kappa shape index (κ3) is 1.81. The second kappa shape index (κ2) is 3.48. The first-order valence-corrected chi connectivity index (χ1v) is 5.63. The van der Waals surface area contributed by atoms with Crippen molar-refractivity contribution in [1.29, 1.82) is 0 Å². The average Bonchev–Trinajstić information content (AvgIpc) is 2.80. The Bertz CT molecular complexity index is 226. The van der Waals surface area contributed by atoms with Gasteiger partial charge in [0.2, 0.25) is 0 Å². The van der Waals surface area contributed by atoms with E-state index in [9.17, 15) is 0 Å². The molecule has 1 aromatic heterocycles. The molecule has 0 amide bonds. The molecule has 1 unspecified atom stereocenters. The minimum absolute atomic E-state index is 0.722. The van der Waals surface area contributed by atoms with Gasteiger partial charge >= 0.3 is 0 Å². The summed E-state index contributed by atoms with van der Waals surface area (Å²) in [5.41, 5.74) is 1.30. The quantitative estimate of drug-likeness (QED) is 0.751. The van der Waals surface area contributed by atoms with Gasteiger partial charge in [-0.1, -0.05) is 6.92 Å². The molecular formula is C10H15NS. The molecule has 12 heavy (non-hydrogen) atoms. The number of hydrogen-bond acceptors (Lipinski definition) is 2. The van der Waals surface area contributed by atoms with Gasteiger partial charge in [-0.15, -0.1) is 0 Å². The van der Waals surface area contributed by atoms with Crippen molar-refractivity contribution >= 4 is 17.0 Å². The minimum atomic E-state index is 0.722. The Hall–Kier alpha value is -0.500. The number of hydrogen-bond donors (Lipinski definition) is 1. The molecule has 1 aliphatic rings. The van der Waals surface area contributed by atoms with E-state index in [4.69, 9.17) is 0 Å². The fraction of sp³-hybridized carbons (Fsp3) is 0.600. The van der Waals surface area contributed by atoms with Crippen LogP contribution in [0.15, 0.2) is 16.8 Å². The van der Waals surface area contributed by atoms with Gasteiger partial charge < -0.3 is 5.32 Å². The Labute approximate surface area is 77.8 Å². The summed E-state index contributed by atoms with van der Waals surface area (Å²) in [6.07, 6.45) is 4.10. The van der Waals surface area contributed by atoms with Crippen LogP contribution in [0.3, 0.4) is 0 Å². The van der Waals surface area contributed by atoms with E-state index in [1.807, 2.05) is 0 Å². The lowest BCUT2D eigenvalue weighted by molar-refractivity contribution is 0.617. The lowest BCUT2D eigenvalue weighted by Crippen LogP contribution is -2.20. The smallest absolute Gasteiger partial charge is 0.0451 e. The molecule has 1 N–H and O–H groups in total. The Morgan fingerprint density at radius 1 is 1.67 bits per heavy atom. The van der Waals surface area contributed by atoms with Gasteiger partial charge in [0, 0.05) is 17.1 Å². The maximum absolute atomic E-state index is 3.58. The molecule has 1 saturated carbocycles. The van der Waals surface area contributed by atoms with Crippen LogP contribution < -0.4 is 5.32 Å². The van der Waals surface area contributed by atoms with Crippen molar-refractivity contribution in [1.82, 2.24) is 0 Å². The minimum Gasteiger partial charge on any atom is -0.381 e. The Morgan fingerprint density at radius 2 is 2.50 bits per heavy atom. The summed E-state index contributed by atoms with van der Waals surface area (Å²) in [5.74, 6) is 0.954. The van der Waals surface area contributed by atoms with Gasteiger partial charge in [-0.25, -0.2) is 0 Å². The molecule has 0 spiro atoms. The second-order valence-electron chi connectivity index (χ2n) is 3.51. The van der Waals surface area contributed by atoms with Crippen LogP contribution in [0.1, 0.15) is 26.2 Å². The topological polar surface area (TPSA) is 12.0 Å². The van der Waals surface area contributed by atoms with Crippen molar-refractivity contribution in [2.24, 2.45) is 5.92 Å². The molecule has 66 valence electrons. The van der Waals surface area contributed by atoms with Gasteiger partial charge in [0.05, 0.1) is 0 Å². The van der Waals surface area contributed by atoms with Crippen molar-refractivity contribution < 1.29 is 0 Å². The Morgan fingerprint density at radius 3 is 3.00 bits per heavy atom. The predicted molar refractivity (Wildman–Crippen MR) is 54.7 cm³/mol. The fourth-order valence-electron chi connectivity index (χ4n) is 1.61. The van der Waals surface area contributed by atoms with Crippen molar-refractivity contribution in [3.05, 3.63) is 16.8 Å². The largest absolute Gasteiger partial charge is 0.381 e. The molecule has 0 aromatic carbocycles. The summed E-state index contributed by atoms with van der Waals surface area (Å²) in [6, 6.07) is 2.88. The van der Waals surface area contributed by atoms with Crippen LogP contribution in [-0.4, -0.2) is 6.04 Å². The first-order chi connectivity index (χ1) is 5.90. The molecule has 1 heterocycles. The molecule has 2 rings (SSSR count). The zero-order valence-electron chi connectivity index (χ0n) is 7.42. The molecule has 1 nitrogen and oxygen atoms in total. The highest BCUT2D eigenvalue weighted by Gasteiger charge is 2.29. The fourth-order valence-corrected chi connectivity index (χ4v) is 2.21. The summed E-state index contributed by atoms with van der Waals surface area (Å²) in [5, 5.41) is 7.89. The van der Waals surface area contributed by atoms with E-state index in [0.29, 0.717) is 0 Å². The van der Waals surface area contributed by atoms with Crippen molar-refractivity contribution in [2.75, 3.05) is 5.32 Å². The summed E-state index contributed by atoms with van der Waals surface area (Å²) in [4.78, 5) is 0. The van der Waals surface area contributed by atoms with Gasteiger partial charge in [-0.05, 0) is 36.6 Å². The molecule has 0 aliphatic heterocycles. The van der Waals surface area contributed by atoms with Gasteiger partial charge in [0.15, 0.2) is 0 Å². The van der Waals surface area contributed by atoms with E-state index in [0.717, 1.165) is 12.0 Å². The molecule has 1 aromatic rings. The monoisotopic (exact) mass is 181 g/mol. The van der Waals surface area contributed by atoms with Crippen molar-refractivity contribution in [2.45, 2.75) is 32.2 Å². The summed E-state index contributed by atoms with van der Waals surface area (Å²) in [7, 11) is 0. The third-order valence-corrected chi connectivity index (χ3v) is 3.19. The van der Waals surface area contributed by atoms with Crippen LogP contribution in [0.5, 0.6) is 0 Å². The average molecular weight is 181 g/mol. The van der Waals surface area contributed by atoms with E-state index >= 15 is 0 Å². The Balaban J connectivity index is 1.91. The highest BCUT2D eigenvalue weighted by Crippen LogP contribution is 2.35. The van der Waals surface area contributed by atoms with E-state index < -0.39 is 0 Å². The first-order valence-electron chi connectivity index (χ1n) is 4.69. The lowest BCUT2D eigenvalue weighted by Gasteiger charge is -2.15. The van der Waals surface area contributed by atoms with Crippen LogP contribution in [0.4, 0.5) is 5.69 Å². The van der Waals surface area contributed by atoms with Crippen LogP contribution >= 0.6 is 11.3 Å². The van der Waals surface area contributed by atoms with Crippen molar-refractivity contribution in [3.8, 4) is 0 Å². The number of nitrogens with one attached hydrogen (secondary N) is 1. The lowest BCUT2D eigenvalue weighted by atomic mass is 10.1. The molecular weight excluding hydrogens is 166 g/mol. The summed E-state index contributed by atoms with van der Waals surface area (Å²) in [6.45, 7) is 2.27. The van der Waals surface area contributed by atoms with E-state index in [1.54, 1.807) is 11.3 Å². The van der Waals surface area contributed by atoms with Crippen LogP contribution in [0, 0.1) is 5.92 Å². The van der Waals surface area contributed by atoms with Gasteiger partial charge in [0.1, 0.15) is 0 Å². The zero-order valence-corrected chi connectivity index (χ0v) is 8.23. The summed E-state index contributed by atoms with van der Waals surface area (Å²) < 4.78 is 0. The SMILES string of the molecule is CCC(Nc1ccsc1)C1CC1. The van der Waals surface area contributed by atoms with Crippen LogP contribution in [0.2, 0.25) is 0 Å². The predicted octanol–water partition coefficient (Wildman–Crippen LogP) is 3.35. The van der Waals surface area contributed by atoms with Gasteiger partial charge in [0.25, 0.3) is 0 Å². The molecule has 2 heteroatoms. The molecule has 0 radical (unpaired) electrons. The molecule has 0 saturated heterocycles. The highest BCUT2D eigenvalue weighted by atomic mass is 32.1. The molecule has 1 fully saturated rings. The standard InChI is InChI=1S/C10H15NS/c1-2-10(8-3-4-8)11-9-5-6-12-7-9/h5-8,10-11H,2-4H2,1H3. The number of thiophene rings is 1. The molecule has 1 aliphatic carbocycles. The first kappa shape index (κ1) is 8.11. The van der Waals surface area contributed by atoms with Crippen LogP contribution in [0.25, 0.3) is 0 Å². The van der Waals surface area contributed by atoms with Crippen molar-refractivity contribution in [3.63, 3.8) is 0 Å². The Kier molecular flexibility index (Phi) is 2.35. The maximum atomic E-state index is 3.58. The number of anilines is 1. The van der Waals surface area contributed by atoms with E-state index in [-0.39, 0.29) is 0 Å². The molecule has 1 atom stereocenters. The number of rotatable bonds is 4. The normalized spacial score (nSPS) is 19.1. The van der Waals surface area contributed by atoms with Gasteiger partial charge in [-0.3, -0.25) is 0 Å². The summed E-state index contributed by atoms with van der Waals surface area (Å²) >= 11 is 1.76. The highest BCUT2D eigenvalue weighted by molar-refractivity contribution is 7.08. The van der Waals surface area contributed by atoms with Crippen LogP contribution in [-0.2, 0) is 0 Å².